The van der Waals surface area contributed by atoms with E-state index in [0.29, 0.717) is 5.92 Å². The van der Waals surface area contributed by atoms with Gasteiger partial charge in [0.05, 0.1) is 0 Å². The molecule has 16 heavy (non-hydrogen) atoms. The van der Waals surface area contributed by atoms with Crippen LogP contribution in [0.4, 0.5) is 5.69 Å². The van der Waals surface area contributed by atoms with Crippen molar-refractivity contribution >= 4 is 32.4 Å². The molecule has 0 aliphatic heterocycles. The van der Waals surface area contributed by atoms with Gasteiger partial charge < -0.3 is 5.32 Å². The zero-order valence-corrected chi connectivity index (χ0v) is 11.2. The molecule has 1 nitrogen and oxygen atoms in total. The van der Waals surface area contributed by atoms with Crippen LogP contribution in [0.3, 0.4) is 0 Å². The van der Waals surface area contributed by atoms with Gasteiger partial charge in [0.1, 0.15) is 0 Å². The predicted molar refractivity (Wildman–Crippen MR) is 75.0 cm³/mol. The molecule has 0 spiro atoms. The highest BCUT2D eigenvalue weighted by atomic mass is 79.9. The maximum Gasteiger partial charge on any atom is 0.0420 e. The lowest BCUT2D eigenvalue weighted by molar-refractivity contribution is 0.689. The first-order valence-electron chi connectivity index (χ1n) is 5.59. The van der Waals surface area contributed by atoms with Crippen LogP contribution >= 0.6 is 15.9 Å². The average molecular weight is 278 g/mol. The Morgan fingerprint density at radius 2 is 1.75 bits per heavy atom. The topological polar surface area (TPSA) is 12.0 Å². The lowest BCUT2D eigenvalue weighted by Gasteiger charge is -2.12. The highest BCUT2D eigenvalue weighted by molar-refractivity contribution is 9.10. The zero-order chi connectivity index (χ0) is 11.5. The SMILES string of the molecule is CC(C)CNc1cccc2c(Br)cccc12. The summed E-state index contributed by atoms with van der Waals surface area (Å²) in [4.78, 5) is 0. The Bertz CT molecular complexity index is 491. The fourth-order valence-corrected chi connectivity index (χ4v) is 2.24. The van der Waals surface area contributed by atoms with Gasteiger partial charge >= 0.3 is 0 Å². The van der Waals surface area contributed by atoms with E-state index in [0.717, 1.165) is 11.0 Å². The van der Waals surface area contributed by atoms with E-state index in [-0.39, 0.29) is 0 Å². The monoisotopic (exact) mass is 277 g/mol. The highest BCUT2D eigenvalue weighted by Crippen LogP contribution is 2.29. The van der Waals surface area contributed by atoms with Crippen LogP contribution in [0, 0.1) is 5.92 Å². The van der Waals surface area contributed by atoms with Gasteiger partial charge in [-0.3, -0.25) is 0 Å². The molecule has 2 rings (SSSR count). The Kier molecular flexibility index (Phi) is 3.49. The molecule has 0 atom stereocenters. The molecule has 0 amide bonds. The van der Waals surface area contributed by atoms with E-state index in [1.54, 1.807) is 0 Å². The molecule has 0 heterocycles. The van der Waals surface area contributed by atoms with Crippen molar-refractivity contribution in [3.63, 3.8) is 0 Å². The molecule has 1 N–H and O–H groups in total. The minimum absolute atomic E-state index is 0.655. The first-order chi connectivity index (χ1) is 7.68. The zero-order valence-electron chi connectivity index (χ0n) is 9.63. The van der Waals surface area contributed by atoms with Gasteiger partial charge in [-0.2, -0.15) is 0 Å². The highest BCUT2D eigenvalue weighted by Gasteiger charge is 2.03. The van der Waals surface area contributed by atoms with Crippen molar-refractivity contribution in [2.24, 2.45) is 5.92 Å². The fourth-order valence-electron chi connectivity index (χ4n) is 1.74. The summed E-state index contributed by atoms with van der Waals surface area (Å²) < 4.78 is 1.15. The Balaban J connectivity index is 2.42. The molecule has 0 bridgehead atoms. The van der Waals surface area contributed by atoms with Crippen LogP contribution in [0.1, 0.15) is 13.8 Å². The largest absolute Gasteiger partial charge is 0.384 e. The second-order valence-electron chi connectivity index (χ2n) is 4.42. The Morgan fingerprint density at radius 1 is 1.06 bits per heavy atom. The number of anilines is 1. The third-order valence-electron chi connectivity index (χ3n) is 2.57. The van der Waals surface area contributed by atoms with E-state index >= 15 is 0 Å². The lowest BCUT2D eigenvalue weighted by atomic mass is 10.1. The van der Waals surface area contributed by atoms with Crippen molar-refractivity contribution in [3.8, 4) is 0 Å². The molecule has 2 aromatic carbocycles. The van der Waals surface area contributed by atoms with E-state index in [4.69, 9.17) is 0 Å². The predicted octanol–water partition coefficient (Wildman–Crippen LogP) is 4.67. The normalized spacial score (nSPS) is 11.0. The van der Waals surface area contributed by atoms with E-state index in [2.05, 4.69) is 71.5 Å². The third-order valence-corrected chi connectivity index (χ3v) is 3.26. The smallest absolute Gasteiger partial charge is 0.0420 e. The molecule has 2 aromatic rings. The Labute approximate surface area is 105 Å². The fraction of sp³-hybridized carbons (Fsp3) is 0.286. The molecule has 0 unspecified atom stereocenters. The summed E-state index contributed by atoms with van der Waals surface area (Å²) in [7, 11) is 0. The van der Waals surface area contributed by atoms with Crippen molar-refractivity contribution < 1.29 is 0 Å². The summed E-state index contributed by atoms with van der Waals surface area (Å²) in [6, 6.07) is 12.7. The van der Waals surface area contributed by atoms with Crippen molar-refractivity contribution in [1.29, 1.82) is 0 Å². The van der Waals surface area contributed by atoms with Gasteiger partial charge in [0.2, 0.25) is 0 Å². The Hall–Kier alpha value is -1.02. The minimum atomic E-state index is 0.655. The summed E-state index contributed by atoms with van der Waals surface area (Å²) >= 11 is 3.58. The number of hydrogen-bond acceptors (Lipinski definition) is 1. The number of hydrogen-bond donors (Lipinski definition) is 1. The van der Waals surface area contributed by atoms with Crippen LogP contribution < -0.4 is 5.32 Å². The standard InChI is InChI=1S/C14H16BrN/c1-10(2)9-16-14-8-4-5-11-12(14)6-3-7-13(11)15/h3-8,10,16H,9H2,1-2H3. The molecular weight excluding hydrogens is 262 g/mol. The number of nitrogens with one attached hydrogen (secondary N) is 1. The summed E-state index contributed by atoms with van der Waals surface area (Å²) in [5.74, 6) is 0.655. The van der Waals surface area contributed by atoms with Crippen LogP contribution in [-0.2, 0) is 0 Å². The van der Waals surface area contributed by atoms with Gasteiger partial charge in [0.15, 0.2) is 0 Å². The number of benzene rings is 2. The quantitative estimate of drug-likeness (QED) is 0.860. The van der Waals surface area contributed by atoms with Crippen LogP contribution in [0.15, 0.2) is 40.9 Å². The van der Waals surface area contributed by atoms with E-state index in [1.165, 1.54) is 16.5 Å². The summed E-state index contributed by atoms with van der Waals surface area (Å²) in [5.41, 5.74) is 1.22. The van der Waals surface area contributed by atoms with Gasteiger partial charge in [-0.25, -0.2) is 0 Å². The molecule has 0 aliphatic carbocycles. The number of rotatable bonds is 3. The third kappa shape index (κ3) is 2.38. The van der Waals surface area contributed by atoms with E-state index < -0.39 is 0 Å². The van der Waals surface area contributed by atoms with Crippen molar-refractivity contribution in [1.82, 2.24) is 0 Å². The lowest BCUT2D eigenvalue weighted by Crippen LogP contribution is -2.08. The van der Waals surface area contributed by atoms with Crippen LogP contribution in [-0.4, -0.2) is 6.54 Å². The van der Waals surface area contributed by atoms with Gasteiger partial charge in [-0.15, -0.1) is 0 Å². The van der Waals surface area contributed by atoms with Crippen molar-refractivity contribution in [2.45, 2.75) is 13.8 Å². The van der Waals surface area contributed by atoms with Gasteiger partial charge in [0.25, 0.3) is 0 Å². The van der Waals surface area contributed by atoms with Gasteiger partial charge in [0, 0.05) is 22.1 Å². The molecule has 0 fully saturated rings. The van der Waals surface area contributed by atoms with E-state index in [1.807, 2.05) is 0 Å². The van der Waals surface area contributed by atoms with Crippen LogP contribution in [0.2, 0.25) is 0 Å². The second kappa shape index (κ2) is 4.88. The molecule has 84 valence electrons. The van der Waals surface area contributed by atoms with Crippen molar-refractivity contribution in [3.05, 3.63) is 40.9 Å². The summed E-state index contributed by atoms with van der Waals surface area (Å²) in [6.07, 6.45) is 0. The average Bonchev–Trinajstić information content (AvgIpc) is 2.27. The van der Waals surface area contributed by atoms with Crippen LogP contribution in [0.25, 0.3) is 10.8 Å². The first kappa shape index (κ1) is 11.5. The molecule has 0 aliphatic rings. The molecule has 0 radical (unpaired) electrons. The number of fused-ring (bicyclic) bond motifs is 1. The molecule has 0 saturated carbocycles. The Morgan fingerprint density at radius 3 is 2.50 bits per heavy atom. The maximum atomic E-state index is 3.58. The molecule has 0 saturated heterocycles. The minimum Gasteiger partial charge on any atom is -0.384 e. The first-order valence-corrected chi connectivity index (χ1v) is 6.39. The molecule has 2 heteroatoms. The molecule has 0 aromatic heterocycles. The van der Waals surface area contributed by atoms with Crippen molar-refractivity contribution in [2.75, 3.05) is 11.9 Å². The molecular formula is C14H16BrN. The summed E-state index contributed by atoms with van der Waals surface area (Å²) in [6.45, 7) is 5.44. The van der Waals surface area contributed by atoms with E-state index in [9.17, 15) is 0 Å². The van der Waals surface area contributed by atoms with Gasteiger partial charge in [-0.05, 0) is 23.4 Å². The second-order valence-corrected chi connectivity index (χ2v) is 5.27. The summed E-state index contributed by atoms with van der Waals surface area (Å²) in [5, 5.41) is 6.03. The number of halogens is 1. The van der Waals surface area contributed by atoms with Crippen LogP contribution in [0.5, 0.6) is 0 Å². The van der Waals surface area contributed by atoms with Gasteiger partial charge in [-0.1, -0.05) is 54.0 Å². The maximum absolute atomic E-state index is 3.58.